The van der Waals surface area contributed by atoms with Gasteiger partial charge in [-0.25, -0.2) is 0 Å². The molecule has 1 aliphatic heterocycles. The number of anilines is 1. The van der Waals surface area contributed by atoms with Crippen LogP contribution in [0.3, 0.4) is 0 Å². The Balaban J connectivity index is 1.66. The summed E-state index contributed by atoms with van der Waals surface area (Å²) < 4.78 is 2.33. The fourth-order valence-corrected chi connectivity index (χ4v) is 3.85. The fraction of sp³-hybridized carbons (Fsp3) is 0.227. The van der Waals surface area contributed by atoms with Crippen LogP contribution in [0.1, 0.15) is 28.4 Å². The van der Waals surface area contributed by atoms with Crippen LogP contribution in [0.2, 0.25) is 0 Å². The Morgan fingerprint density at radius 3 is 2.27 bits per heavy atom. The lowest BCUT2D eigenvalue weighted by Gasteiger charge is -2.39. The first-order valence-corrected chi connectivity index (χ1v) is 9.38. The molecule has 1 N–H and O–H groups in total. The summed E-state index contributed by atoms with van der Waals surface area (Å²) in [6, 6.07) is 21.6. The van der Waals surface area contributed by atoms with Gasteiger partial charge in [-0.05, 0) is 55.9 Å². The maximum Gasteiger partial charge on any atom is 0.174 e. The van der Waals surface area contributed by atoms with Gasteiger partial charge in [0.05, 0.1) is 6.04 Å². The summed E-state index contributed by atoms with van der Waals surface area (Å²) in [5.74, 6) is 0. The number of fused-ring (bicyclic) bond motifs is 1. The number of thiocarbonyl (C=S) groups is 1. The van der Waals surface area contributed by atoms with Crippen LogP contribution in [0.5, 0.6) is 0 Å². The molecular weight excluding hydrogens is 338 g/mol. The highest BCUT2D eigenvalue weighted by molar-refractivity contribution is 7.80. The maximum absolute atomic E-state index is 5.80. The topological polar surface area (TPSA) is 20.2 Å². The Labute approximate surface area is 160 Å². The van der Waals surface area contributed by atoms with Crippen molar-refractivity contribution in [2.75, 3.05) is 11.9 Å². The van der Waals surface area contributed by atoms with E-state index in [9.17, 15) is 0 Å². The van der Waals surface area contributed by atoms with Crippen molar-refractivity contribution in [2.24, 2.45) is 0 Å². The fourth-order valence-electron chi connectivity index (χ4n) is 3.53. The third kappa shape index (κ3) is 3.25. The monoisotopic (exact) mass is 361 g/mol. The van der Waals surface area contributed by atoms with E-state index in [1.54, 1.807) is 0 Å². The first-order valence-electron chi connectivity index (χ1n) is 8.98. The van der Waals surface area contributed by atoms with Crippen LogP contribution in [0.25, 0.3) is 0 Å². The summed E-state index contributed by atoms with van der Waals surface area (Å²) in [5, 5.41) is 4.19. The van der Waals surface area contributed by atoms with E-state index in [0.717, 1.165) is 23.9 Å². The number of aromatic nitrogens is 1. The average molecular weight is 362 g/mol. The second-order valence-corrected chi connectivity index (χ2v) is 7.32. The Bertz CT molecular complexity index is 909. The van der Waals surface area contributed by atoms with Gasteiger partial charge in [0.1, 0.15) is 0 Å². The Morgan fingerprint density at radius 1 is 0.923 bits per heavy atom. The summed E-state index contributed by atoms with van der Waals surface area (Å²) in [4.78, 5) is 2.30. The highest BCUT2D eigenvalue weighted by Gasteiger charge is 2.30. The first kappa shape index (κ1) is 16.9. The predicted molar refractivity (Wildman–Crippen MR) is 112 cm³/mol. The summed E-state index contributed by atoms with van der Waals surface area (Å²) in [6.45, 7) is 6.04. The van der Waals surface area contributed by atoms with Gasteiger partial charge in [-0.2, -0.15) is 0 Å². The third-order valence-electron chi connectivity index (χ3n) is 5.00. The van der Waals surface area contributed by atoms with Gasteiger partial charge in [0, 0.05) is 30.7 Å². The van der Waals surface area contributed by atoms with E-state index >= 15 is 0 Å². The zero-order valence-corrected chi connectivity index (χ0v) is 16.0. The lowest BCUT2D eigenvalue weighted by atomic mass is 9.99. The van der Waals surface area contributed by atoms with E-state index < -0.39 is 0 Å². The standard InChI is InChI=1S/C22H23N3S/c1-16-5-9-18(10-6-16)21-20-4-3-13-24(20)14-15-25(21)22(26)23-19-11-7-17(2)8-12-19/h3-13,21H,14-15H2,1-2H3,(H,23,26). The van der Waals surface area contributed by atoms with Crippen molar-refractivity contribution >= 4 is 23.0 Å². The molecule has 1 aromatic heterocycles. The Kier molecular flexibility index (Phi) is 4.51. The van der Waals surface area contributed by atoms with Crippen LogP contribution >= 0.6 is 12.2 Å². The van der Waals surface area contributed by atoms with Gasteiger partial charge in [0.2, 0.25) is 0 Å². The van der Waals surface area contributed by atoms with Crippen molar-refractivity contribution in [3.63, 3.8) is 0 Å². The quantitative estimate of drug-likeness (QED) is 0.655. The van der Waals surface area contributed by atoms with Crippen LogP contribution in [0, 0.1) is 13.8 Å². The number of nitrogens with zero attached hydrogens (tertiary/aromatic N) is 2. The van der Waals surface area contributed by atoms with Crippen LogP contribution in [-0.2, 0) is 6.54 Å². The minimum absolute atomic E-state index is 0.129. The minimum atomic E-state index is 0.129. The molecule has 0 spiro atoms. The van der Waals surface area contributed by atoms with Gasteiger partial charge in [-0.1, -0.05) is 47.5 Å². The Morgan fingerprint density at radius 2 is 1.58 bits per heavy atom. The van der Waals surface area contributed by atoms with Gasteiger partial charge in [0.25, 0.3) is 0 Å². The molecule has 0 aliphatic carbocycles. The molecular formula is C22H23N3S. The number of hydrogen-bond donors (Lipinski definition) is 1. The van der Waals surface area contributed by atoms with Crippen molar-refractivity contribution in [2.45, 2.75) is 26.4 Å². The largest absolute Gasteiger partial charge is 0.348 e. The molecule has 26 heavy (non-hydrogen) atoms. The molecule has 1 unspecified atom stereocenters. The molecule has 1 atom stereocenters. The maximum atomic E-state index is 5.80. The summed E-state index contributed by atoms with van der Waals surface area (Å²) in [6.07, 6.45) is 2.16. The van der Waals surface area contributed by atoms with E-state index in [0.29, 0.717) is 0 Å². The van der Waals surface area contributed by atoms with Crippen LogP contribution in [0.15, 0.2) is 66.9 Å². The average Bonchev–Trinajstić information content (AvgIpc) is 3.12. The number of aryl methyl sites for hydroxylation is 2. The third-order valence-corrected chi connectivity index (χ3v) is 5.33. The second-order valence-electron chi connectivity index (χ2n) is 6.93. The molecule has 0 fully saturated rings. The molecule has 0 radical (unpaired) electrons. The van der Waals surface area contributed by atoms with E-state index in [4.69, 9.17) is 12.2 Å². The molecule has 132 valence electrons. The molecule has 2 heterocycles. The molecule has 4 rings (SSSR count). The molecule has 0 amide bonds. The SMILES string of the molecule is Cc1ccc(NC(=S)N2CCn3cccc3C2c2ccc(C)cc2)cc1. The van der Waals surface area contributed by atoms with E-state index in [2.05, 4.69) is 95.5 Å². The van der Waals surface area contributed by atoms with Crippen LogP contribution < -0.4 is 5.32 Å². The molecule has 4 heteroatoms. The normalized spacial score (nSPS) is 16.2. The van der Waals surface area contributed by atoms with Crippen molar-refractivity contribution in [1.29, 1.82) is 0 Å². The van der Waals surface area contributed by atoms with Gasteiger partial charge in [-0.3, -0.25) is 0 Å². The van der Waals surface area contributed by atoms with Gasteiger partial charge < -0.3 is 14.8 Å². The highest BCUT2D eigenvalue weighted by Crippen LogP contribution is 2.33. The van der Waals surface area contributed by atoms with Crippen LogP contribution in [0.4, 0.5) is 5.69 Å². The number of nitrogens with one attached hydrogen (secondary N) is 1. The molecule has 1 aliphatic rings. The zero-order chi connectivity index (χ0) is 18.1. The van der Waals surface area contributed by atoms with Crippen LogP contribution in [-0.4, -0.2) is 21.1 Å². The van der Waals surface area contributed by atoms with Crippen molar-refractivity contribution in [3.05, 3.63) is 89.2 Å². The molecule has 0 saturated heterocycles. The first-order chi connectivity index (χ1) is 12.6. The lowest BCUT2D eigenvalue weighted by Crippen LogP contribution is -2.44. The summed E-state index contributed by atoms with van der Waals surface area (Å²) in [5.41, 5.74) is 6.10. The van der Waals surface area contributed by atoms with E-state index in [1.807, 2.05) is 0 Å². The van der Waals surface area contributed by atoms with Gasteiger partial charge in [-0.15, -0.1) is 0 Å². The molecule has 2 aromatic carbocycles. The van der Waals surface area contributed by atoms with E-state index in [-0.39, 0.29) is 6.04 Å². The molecule has 0 bridgehead atoms. The van der Waals surface area contributed by atoms with Crippen molar-refractivity contribution in [1.82, 2.24) is 9.47 Å². The molecule has 3 nitrogen and oxygen atoms in total. The molecule has 3 aromatic rings. The Hall–Kier alpha value is -2.59. The lowest BCUT2D eigenvalue weighted by molar-refractivity contribution is 0.293. The number of rotatable bonds is 2. The highest BCUT2D eigenvalue weighted by atomic mass is 32.1. The van der Waals surface area contributed by atoms with Gasteiger partial charge in [0.15, 0.2) is 5.11 Å². The minimum Gasteiger partial charge on any atom is -0.348 e. The van der Waals surface area contributed by atoms with Gasteiger partial charge >= 0.3 is 0 Å². The zero-order valence-electron chi connectivity index (χ0n) is 15.1. The van der Waals surface area contributed by atoms with Crippen molar-refractivity contribution < 1.29 is 0 Å². The van der Waals surface area contributed by atoms with E-state index in [1.165, 1.54) is 22.4 Å². The summed E-state index contributed by atoms with van der Waals surface area (Å²) >= 11 is 5.80. The summed E-state index contributed by atoms with van der Waals surface area (Å²) in [7, 11) is 0. The predicted octanol–water partition coefficient (Wildman–Crippen LogP) is 4.91. The second kappa shape index (κ2) is 6.96. The number of hydrogen-bond acceptors (Lipinski definition) is 1. The number of benzene rings is 2. The molecule has 0 saturated carbocycles. The van der Waals surface area contributed by atoms with Crippen molar-refractivity contribution in [3.8, 4) is 0 Å². The smallest absolute Gasteiger partial charge is 0.174 e.